The highest BCUT2D eigenvalue weighted by atomic mass is 16.5. The number of para-hydroxylation sites is 2. The molecular weight excluding hydrogens is 340 g/mol. The minimum atomic E-state index is -0.110. The van der Waals surface area contributed by atoms with Gasteiger partial charge in [0, 0.05) is 22.9 Å². The molecule has 1 aliphatic rings. The van der Waals surface area contributed by atoms with Crippen molar-refractivity contribution in [1.82, 2.24) is 9.78 Å². The average molecular weight is 356 g/mol. The molecule has 1 atom stereocenters. The zero-order chi connectivity index (χ0) is 18.8. The third-order valence-electron chi connectivity index (χ3n) is 4.73. The number of methoxy groups -OCH3 is 1. The summed E-state index contributed by atoms with van der Waals surface area (Å²) in [6.07, 6.45) is 1.27. The van der Waals surface area contributed by atoms with Crippen LogP contribution in [0.3, 0.4) is 0 Å². The predicted octanol–water partition coefficient (Wildman–Crippen LogP) is 4.88. The molecule has 7 nitrogen and oxygen atoms in total. The number of rotatable bonds is 4. The van der Waals surface area contributed by atoms with E-state index in [1.165, 1.54) is 0 Å². The number of benzene rings is 2. The first-order chi connectivity index (χ1) is 13.2. The van der Waals surface area contributed by atoms with Crippen LogP contribution in [0.5, 0.6) is 5.75 Å². The van der Waals surface area contributed by atoms with E-state index in [-0.39, 0.29) is 6.04 Å². The van der Waals surface area contributed by atoms with Gasteiger partial charge in [0.05, 0.1) is 25.1 Å². The second kappa shape index (κ2) is 6.87. The van der Waals surface area contributed by atoms with Crippen LogP contribution in [0.25, 0.3) is 32.2 Å². The van der Waals surface area contributed by atoms with Gasteiger partial charge in [-0.1, -0.05) is 41.5 Å². The van der Waals surface area contributed by atoms with Gasteiger partial charge in [0.1, 0.15) is 11.4 Å². The van der Waals surface area contributed by atoms with Gasteiger partial charge in [-0.25, -0.2) is 9.53 Å². The Morgan fingerprint density at radius 3 is 2.67 bits per heavy atom. The fourth-order valence-corrected chi connectivity index (χ4v) is 3.53. The summed E-state index contributed by atoms with van der Waals surface area (Å²) in [6.45, 7) is 7.16. The second-order valence-corrected chi connectivity index (χ2v) is 6.28. The van der Waals surface area contributed by atoms with E-state index in [1.807, 2.05) is 41.1 Å². The number of hydrogen-bond donors (Lipinski definition) is 0. The van der Waals surface area contributed by atoms with Crippen LogP contribution in [0, 0.1) is 6.57 Å². The molecule has 1 aliphatic carbocycles. The van der Waals surface area contributed by atoms with Crippen LogP contribution in [0.2, 0.25) is 0 Å². The average Bonchev–Trinajstić information content (AvgIpc) is 3.25. The maximum atomic E-state index is 8.78. The Kier molecular flexibility index (Phi) is 4.25. The molecule has 0 N–H and O–H groups in total. The van der Waals surface area contributed by atoms with Crippen molar-refractivity contribution in [2.45, 2.75) is 18.9 Å². The zero-order valence-corrected chi connectivity index (χ0v) is 14.7. The normalized spacial score (nSPS) is 14.9. The molecule has 0 spiro atoms. The summed E-state index contributed by atoms with van der Waals surface area (Å²) in [6, 6.07) is 15.1. The van der Waals surface area contributed by atoms with Crippen molar-refractivity contribution in [2.75, 3.05) is 7.11 Å². The van der Waals surface area contributed by atoms with E-state index in [4.69, 9.17) is 21.9 Å². The van der Waals surface area contributed by atoms with Crippen LogP contribution in [-0.2, 0) is 12.8 Å². The Labute approximate surface area is 156 Å². The van der Waals surface area contributed by atoms with E-state index < -0.39 is 0 Å². The number of hydrogen-bond acceptors (Lipinski definition) is 3. The van der Waals surface area contributed by atoms with Gasteiger partial charge < -0.3 is 4.74 Å². The smallest absolute Gasteiger partial charge is 0.187 e. The van der Waals surface area contributed by atoms with E-state index in [2.05, 4.69) is 14.9 Å². The molecule has 0 unspecified atom stereocenters. The molecule has 0 bridgehead atoms. The summed E-state index contributed by atoms with van der Waals surface area (Å²) < 4.78 is 7.41. The molecule has 132 valence electrons. The van der Waals surface area contributed by atoms with Crippen molar-refractivity contribution < 1.29 is 4.74 Å². The quantitative estimate of drug-likeness (QED) is 0.289. The zero-order valence-electron chi connectivity index (χ0n) is 14.7. The maximum Gasteiger partial charge on any atom is 0.187 e. The first-order valence-electron chi connectivity index (χ1n) is 8.51. The lowest BCUT2D eigenvalue weighted by Crippen LogP contribution is -2.08. The van der Waals surface area contributed by atoms with Crippen molar-refractivity contribution >= 4 is 5.69 Å². The molecule has 1 aromatic heterocycles. The summed E-state index contributed by atoms with van der Waals surface area (Å²) in [5.74, 6) is 0.726. The van der Waals surface area contributed by atoms with Gasteiger partial charge in [0.25, 0.3) is 0 Å². The summed E-state index contributed by atoms with van der Waals surface area (Å²) in [5.41, 5.74) is 14.1. The van der Waals surface area contributed by atoms with Gasteiger partial charge in [-0.15, -0.1) is 0 Å². The Hall–Kier alpha value is -3.75. The van der Waals surface area contributed by atoms with Gasteiger partial charge in [-0.2, -0.15) is 5.10 Å². The number of azide groups is 1. The summed E-state index contributed by atoms with van der Waals surface area (Å²) in [4.78, 5) is 6.41. The predicted molar refractivity (Wildman–Crippen MR) is 102 cm³/mol. The van der Waals surface area contributed by atoms with Crippen molar-refractivity contribution in [3.8, 4) is 22.7 Å². The van der Waals surface area contributed by atoms with Gasteiger partial charge in [-0.05, 0) is 29.6 Å². The highest BCUT2D eigenvalue weighted by Crippen LogP contribution is 2.37. The molecule has 1 heterocycles. The van der Waals surface area contributed by atoms with Gasteiger partial charge in [-0.3, -0.25) is 0 Å². The molecule has 7 heteroatoms. The van der Waals surface area contributed by atoms with Crippen molar-refractivity contribution in [2.24, 2.45) is 5.11 Å². The second-order valence-electron chi connectivity index (χ2n) is 6.28. The van der Waals surface area contributed by atoms with Gasteiger partial charge in [0.15, 0.2) is 5.69 Å². The van der Waals surface area contributed by atoms with Crippen molar-refractivity contribution in [1.29, 1.82) is 0 Å². The van der Waals surface area contributed by atoms with Crippen LogP contribution in [0.4, 0.5) is 5.69 Å². The third kappa shape index (κ3) is 2.88. The van der Waals surface area contributed by atoms with Gasteiger partial charge in [0.2, 0.25) is 0 Å². The van der Waals surface area contributed by atoms with Gasteiger partial charge >= 0.3 is 0 Å². The number of fused-ring (bicyclic) bond motifs is 1. The number of ether oxygens (including phenoxy) is 1. The van der Waals surface area contributed by atoms with Crippen LogP contribution in [-0.4, -0.2) is 22.9 Å². The summed E-state index contributed by atoms with van der Waals surface area (Å²) in [5, 5.41) is 8.69. The molecule has 0 radical (unpaired) electrons. The van der Waals surface area contributed by atoms with E-state index in [0.29, 0.717) is 18.5 Å². The fraction of sp³-hybridized carbons (Fsp3) is 0.200. The Morgan fingerprint density at radius 2 is 1.96 bits per heavy atom. The largest absolute Gasteiger partial charge is 0.494 e. The van der Waals surface area contributed by atoms with Crippen molar-refractivity contribution in [3.05, 3.63) is 81.6 Å². The lowest BCUT2D eigenvalue weighted by Gasteiger charge is -2.14. The lowest BCUT2D eigenvalue weighted by molar-refractivity contribution is 0.411. The Bertz CT molecular complexity index is 1090. The summed E-state index contributed by atoms with van der Waals surface area (Å²) >= 11 is 0. The first-order valence-corrected chi connectivity index (χ1v) is 8.51. The first kappa shape index (κ1) is 16.7. The fourth-order valence-electron chi connectivity index (χ4n) is 3.53. The number of aromatic nitrogens is 2. The molecule has 4 rings (SSSR count). The van der Waals surface area contributed by atoms with Crippen LogP contribution < -0.4 is 4.74 Å². The monoisotopic (exact) mass is 356 g/mol. The van der Waals surface area contributed by atoms with E-state index >= 15 is 0 Å². The van der Waals surface area contributed by atoms with E-state index in [9.17, 15) is 0 Å². The van der Waals surface area contributed by atoms with Crippen LogP contribution in [0.1, 0.15) is 11.3 Å². The molecular formula is C20H16N6O. The molecule has 27 heavy (non-hydrogen) atoms. The molecule has 0 fully saturated rings. The minimum Gasteiger partial charge on any atom is -0.494 e. The molecule has 0 amide bonds. The molecule has 3 aromatic rings. The van der Waals surface area contributed by atoms with E-state index in [0.717, 1.165) is 34.0 Å². The maximum absolute atomic E-state index is 8.78. The Morgan fingerprint density at radius 1 is 1.19 bits per heavy atom. The van der Waals surface area contributed by atoms with Crippen LogP contribution in [0.15, 0.2) is 53.6 Å². The molecule has 0 saturated carbocycles. The Balaban J connectivity index is 1.91. The highest BCUT2D eigenvalue weighted by Gasteiger charge is 2.30. The van der Waals surface area contributed by atoms with Crippen LogP contribution >= 0.6 is 0 Å². The highest BCUT2D eigenvalue weighted by molar-refractivity contribution is 5.71. The standard InChI is InChI=1S/C20H16N6O/c1-22-14-9-7-13(8-10-14)20-16-11-15(23-25-21)12-17(16)24-26(20)18-5-3-4-6-19(18)27-2/h3-10,15H,11-12H2,2H3/t15-/m0/s1. The summed E-state index contributed by atoms with van der Waals surface area (Å²) in [7, 11) is 1.64. The lowest BCUT2D eigenvalue weighted by atomic mass is 10.0. The van der Waals surface area contributed by atoms with E-state index in [1.54, 1.807) is 19.2 Å². The SMILES string of the molecule is [C-]#[N+]c1ccc(-c2c3c(nn2-c2ccccc2OC)C[C@@H](N=[N+]=[N-])C3)cc1. The van der Waals surface area contributed by atoms with Crippen molar-refractivity contribution in [3.63, 3.8) is 0 Å². The topological polar surface area (TPSA) is 80.2 Å². The molecule has 0 aliphatic heterocycles. The molecule has 2 aromatic carbocycles. The molecule has 0 saturated heterocycles. The minimum absolute atomic E-state index is 0.110. The number of nitrogens with zero attached hydrogens (tertiary/aromatic N) is 6. The third-order valence-corrected chi connectivity index (χ3v) is 4.73.